The molecule has 1 fully saturated rings. The van der Waals surface area contributed by atoms with Gasteiger partial charge in [0.15, 0.2) is 0 Å². The van der Waals surface area contributed by atoms with Crippen molar-refractivity contribution in [3.63, 3.8) is 0 Å². The molecule has 3 amide bonds. The van der Waals surface area contributed by atoms with Crippen LogP contribution in [0.25, 0.3) is 5.32 Å². The van der Waals surface area contributed by atoms with Crippen molar-refractivity contribution in [2.45, 2.75) is 101 Å². The third kappa shape index (κ3) is 29.3. The molecule has 0 aromatic heterocycles. The second-order valence-electron chi connectivity index (χ2n) is 10.3. The molecule has 3 rings (SSSR count). The maximum atomic E-state index is 10.9. The normalized spacial score (nSPS) is 13.9. The Balaban J connectivity index is -0.000000144. The van der Waals surface area contributed by atoms with E-state index in [2.05, 4.69) is 126 Å². The molecule has 1 aromatic rings. The first-order valence-corrected chi connectivity index (χ1v) is 16.9. The minimum atomic E-state index is -1.00. The van der Waals surface area contributed by atoms with Gasteiger partial charge in [-0.15, -0.1) is 0 Å². The Morgan fingerprint density at radius 1 is 0.955 bits per heavy atom. The van der Waals surface area contributed by atoms with Gasteiger partial charge >= 0.3 is 51.4 Å². The molecule has 0 spiro atoms. The van der Waals surface area contributed by atoms with E-state index >= 15 is 0 Å². The van der Waals surface area contributed by atoms with E-state index < -0.39 is 19.0 Å². The number of amides is 3. The van der Waals surface area contributed by atoms with Crippen LogP contribution in [-0.4, -0.2) is 39.1 Å². The van der Waals surface area contributed by atoms with Gasteiger partial charge in [0.25, 0.3) is 0 Å². The van der Waals surface area contributed by atoms with E-state index in [4.69, 9.17) is 1.37 Å². The topological polar surface area (TPSA) is 77.3 Å². The summed E-state index contributed by atoms with van der Waals surface area (Å²) in [6, 6.07) is 6.63. The SMILES string of the molecule is CC(C)=CCBr.CCC=C(C)C.CCC=C(C)C.CC[C@H]1C(=O)NC1(C)C.O=C1[N-]C(=O)c2ccccc21.S=CI.[2H]CF.[K+]. The van der Waals surface area contributed by atoms with Gasteiger partial charge in [-0.05, 0) is 97.2 Å². The molecule has 0 unspecified atom stereocenters. The van der Waals surface area contributed by atoms with Crippen molar-refractivity contribution in [2.24, 2.45) is 5.92 Å². The Morgan fingerprint density at radius 3 is 1.43 bits per heavy atom. The van der Waals surface area contributed by atoms with Gasteiger partial charge in [0.1, 0.15) is 0 Å². The molecule has 44 heavy (non-hydrogen) atoms. The number of halogens is 3. The first-order chi connectivity index (χ1) is 20.5. The fraction of sp³-hybridized carbons (Fsp3) is 0.529. The van der Waals surface area contributed by atoms with Gasteiger partial charge in [-0.3, -0.25) is 9.18 Å². The number of nitrogens with one attached hydrogen (secondary N) is 1. The number of carbonyl (C=O) groups excluding carboxylic acids is 3. The standard InChI is InChI=1S/C8H5NO2.C7H13NO.2C6H12.C5H9Br.CH3F.CHIS.K/c10-7-5-3-1-2-4-6(5)8(11)9-7;1-4-5-6(9)8-7(5,2)3;2*1-4-5-6(2)3;1-5(2)3-4-6;1-2;2-1-3;/h1-4H,(H,9,10,11);5H,4H2,1-3H3,(H,8,9);2*5H,4H2,1-3H3;3H,4H2,1-2H3;1H3;1H;/q;;;;;;;+1/p-1/t;5-;;;;;;/m.0....../s1/i;;;;;1D;;. The molecular formula is C34H54BrFIKN2O3S. The summed E-state index contributed by atoms with van der Waals surface area (Å²) in [6.45, 7) is 23.1. The van der Waals surface area contributed by atoms with Crippen LogP contribution in [0.1, 0.15) is 118 Å². The number of nitrogens with zero attached hydrogens (tertiary/aromatic N) is 1. The van der Waals surface area contributed by atoms with Crippen LogP contribution in [-0.2, 0) is 4.79 Å². The van der Waals surface area contributed by atoms with Gasteiger partial charge in [-0.1, -0.05) is 108 Å². The van der Waals surface area contributed by atoms with E-state index in [1.165, 1.54) is 29.6 Å². The van der Waals surface area contributed by atoms with Crippen LogP contribution in [0.5, 0.6) is 0 Å². The van der Waals surface area contributed by atoms with Gasteiger partial charge < -0.3 is 20.2 Å². The first-order valence-electron chi connectivity index (χ1n) is 14.8. The third-order valence-corrected chi connectivity index (χ3v) is 5.67. The second kappa shape index (κ2) is 34.3. The zero-order chi connectivity index (χ0) is 35.3. The van der Waals surface area contributed by atoms with Crippen LogP contribution in [0.3, 0.4) is 0 Å². The van der Waals surface area contributed by atoms with Gasteiger partial charge in [-0.25, -0.2) is 0 Å². The number of hydrogen-bond donors (Lipinski definition) is 1. The van der Waals surface area contributed by atoms with Gasteiger partial charge in [0.05, 0.1) is 26.3 Å². The molecular weight excluding hydrogens is 781 g/mol. The summed E-state index contributed by atoms with van der Waals surface area (Å²) < 4.78 is 17.1. The van der Waals surface area contributed by atoms with E-state index in [0.29, 0.717) is 11.1 Å². The van der Waals surface area contributed by atoms with Crippen molar-refractivity contribution in [3.8, 4) is 0 Å². The minimum Gasteiger partial charge on any atom is -0.587 e. The van der Waals surface area contributed by atoms with E-state index in [0.717, 1.165) is 11.8 Å². The number of fused-ring (bicyclic) bond motifs is 1. The molecule has 246 valence electrons. The Morgan fingerprint density at radius 2 is 1.30 bits per heavy atom. The Hall–Kier alpha value is -0.0836. The zero-order valence-corrected chi connectivity index (χ0v) is 36.6. The van der Waals surface area contributed by atoms with Gasteiger partial charge in [0, 0.05) is 25.4 Å². The molecule has 1 aromatic carbocycles. The number of β-lactam (4-membered cyclic amide) rings is 1. The van der Waals surface area contributed by atoms with Crippen molar-refractivity contribution in [2.75, 3.05) is 12.5 Å². The second-order valence-corrected chi connectivity index (χ2v) is 12.7. The molecule has 10 heteroatoms. The predicted octanol–water partition coefficient (Wildman–Crippen LogP) is 8.32. The zero-order valence-electron chi connectivity index (χ0n) is 29.9. The monoisotopic (exact) mass is 835 g/mol. The van der Waals surface area contributed by atoms with Crippen molar-refractivity contribution < 1.29 is 71.5 Å². The number of imide groups is 1. The van der Waals surface area contributed by atoms with E-state index in [1.54, 1.807) is 27.6 Å². The molecule has 0 radical (unpaired) electrons. The number of benzene rings is 1. The predicted molar refractivity (Wildman–Crippen MR) is 202 cm³/mol. The van der Waals surface area contributed by atoms with E-state index in [9.17, 15) is 18.8 Å². The van der Waals surface area contributed by atoms with E-state index in [1.807, 2.05) is 29.5 Å². The summed E-state index contributed by atoms with van der Waals surface area (Å²) in [6.07, 6.45) is 9.84. The Bertz CT molecular complexity index is 982. The number of allylic oxidation sites excluding steroid dienone is 6. The fourth-order valence-corrected chi connectivity index (χ4v) is 4.12. The molecule has 0 bridgehead atoms. The van der Waals surface area contributed by atoms with Crippen LogP contribution in [0.15, 0.2) is 59.2 Å². The molecule has 2 aliphatic heterocycles. The molecule has 0 saturated carbocycles. The number of carbonyl (C=O) groups is 3. The van der Waals surface area contributed by atoms with Crippen molar-refractivity contribution in [1.29, 1.82) is 0 Å². The molecule has 1 saturated heterocycles. The number of hydrogen-bond acceptors (Lipinski definition) is 4. The molecule has 0 aliphatic carbocycles. The maximum Gasteiger partial charge on any atom is 1.00 e. The van der Waals surface area contributed by atoms with Crippen molar-refractivity contribution >= 4 is 71.8 Å². The summed E-state index contributed by atoms with van der Waals surface area (Å²) >= 11 is 9.51. The van der Waals surface area contributed by atoms with Crippen LogP contribution in [0.2, 0.25) is 0 Å². The van der Waals surface area contributed by atoms with Crippen LogP contribution < -0.4 is 56.7 Å². The van der Waals surface area contributed by atoms with Crippen LogP contribution >= 0.6 is 50.7 Å². The summed E-state index contributed by atoms with van der Waals surface area (Å²) in [5.74, 6) is -0.392. The maximum absolute atomic E-state index is 10.9. The van der Waals surface area contributed by atoms with Gasteiger partial charge in [0.2, 0.25) is 5.91 Å². The van der Waals surface area contributed by atoms with Crippen molar-refractivity contribution in [3.05, 3.63) is 75.7 Å². The average Bonchev–Trinajstić information content (AvgIpc) is 3.19. The molecule has 2 heterocycles. The third-order valence-electron chi connectivity index (χ3n) is 5.34. The quantitative estimate of drug-likeness (QED) is 0.0484. The fourth-order valence-electron chi connectivity index (χ4n) is 3.48. The summed E-state index contributed by atoms with van der Waals surface area (Å²) in [5, 5.41) is 7.10. The summed E-state index contributed by atoms with van der Waals surface area (Å²) in [4.78, 5) is 32.5. The average molecular weight is 837 g/mol. The molecule has 1 atom stereocenters. The van der Waals surface area contributed by atoms with Crippen molar-refractivity contribution in [1.82, 2.24) is 5.32 Å². The largest absolute Gasteiger partial charge is 1.00 e. The molecule has 1 N–H and O–H groups in total. The van der Waals surface area contributed by atoms with Gasteiger partial charge in [-0.2, -0.15) is 0 Å². The van der Waals surface area contributed by atoms with E-state index in [-0.39, 0.29) is 68.7 Å². The number of thiocarbonyl (C=S) groups is 1. The molecule has 2 aliphatic rings. The Kier molecular flexibility index (Phi) is 39.5. The molecule has 5 nitrogen and oxygen atoms in total. The Labute approximate surface area is 339 Å². The summed E-state index contributed by atoms with van der Waals surface area (Å²) in [7, 11) is -1.00. The minimum absolute atomic E-state index is 0. The number of alkyl halides is 2. The first kappa shape index (κ1) is 50.8. The smallest absolute Gasteiger partial charge is 0.587 e. The number of rotatable bonds is 4. The van der Waals surface area contributed by atoms with Crippen LogP contribution in [0.4, 0.5) is 4.39 Å². The van der Waals surface area contributed by atoms with Crippen LogP contribution in [0, 0.1) is 5.92 Å². The summed E-state index contributed by atoms with van der Waals surface area (Å²) in [5.41, 5.74) is 5.09.